The number of benzene rings is 1. The molecule has 0 aliphatic carbocycles. The maximum atomic E-state index is 11.3. The summed E-state index contributed by atoms with van der Waals surface area (Å²) in [6.07, 6.45) is 1.69. The molecule has 2 rings (SSSR count). The molecule has 0 saturated carbocycles. The van der Waals surface area contributed by atoms with Gasteiger partial charge in [-0.1, -0.05) is 23.7 Å². The predicted octanol–water partition coefficient (Wildman–Crippen LogP) is 3.56. The molecule has 2 aromatic rings. The Labute approximate surface area is 114 Å². The highest BCUT2D eigenvalue weighted by atomic mass is 35.5. The van der Waals surface area contributed by atoms with Gasteiger partial charge in [0.05, 0.1) is 0 Å². The van der Waals surface area contributed by atoms with E-state index in [2.05, 4.69) is 10.3 Å². The van der Waals surface area contributed by atoms with E-state index >= 15 is 0 Å². The van der Waals surface area contributed by atoms with Crippen LogP contribution in [0.3, 0.4) is 0 Å². The van der Waals surface area contributed by atoms with E-state index in [1.807, 2.05) is 12.1 Å². The number of nitrogens with one attached hydrogen (secondary N) is 1. The maximum Gasteiger partial charge on any atom is 0.301 e. The summed E-state index contributed by atoms with van der Waals surface area (Å²) in [4.78, 5) is 15.4. The van der Waals surface area contributed by atoms with Gasteiger partial charge < -0.3 is 4.42 Å². The second-order valence-electron chi connectivity index (χ2n) is 3.53. The second-order valence-corrected chi connectivity index (χ2v) is 4.35. The SMILES string of the molecule is O=C(CCCl)Nc1nc(-c2ccc(Cl)cc2)co1. The lowest BCUT2D eigenvalue weighted by molar-refractivity contribution is -0.115. The van der Waals surface area contributed by atoms with Crippen LogP contribution in [0.4, 0.5) is 6.01 Å². The number of hydrogen-bond donors (Lipinski definition) is 1. The minimum absolute atomic E-state index is 0.162. The number of oxazole rings is 1. The van der Waals surface area contributed by atoms with Crippen molar-refractivity contribution in [3.63, 3.8) is 0 Å². The van der Waals surface area contributed by atoms with E-state index in [0.717, 1.165) is 5.56 Å². The van der Waals surface area contributed by atoms with Gasteiger partial charge in [-0.25, -0.2) is 0 Å². The Balaban J connectivity index is 2.10. The molecule has 0 unspecified atom stereocenters. The Bertz CT molecular complexity index is 537. The van der Waals surface area contributed by atoms with Crippen LogP contribution >= 0.6 is 23.2 Å². The monoisotopic (exact) mass is 284 g/mol. The molecule has 0 aliphatic rings. The first-order chi connectivity index (χ1) is 8.69. The number of alkyl halides is 1. The molecule has 0 fully saturated rings. The van der Waals surface area contributed by atoms with Gasteiger partial charge in [0.1, 0.15) is 12.0 Å². The Kier molecular flexibility index (Phi) is 4.23. The van der Waals surface area contributed by atoms with Crippen molar-refractivity contribution < 1.29 is 9.21 Å². The molecule has 4 nitrogen and oxygen atoms in total. The zero-order valence-electron chi connectivity index (χ0n) is 9.32. The molecule has 18 heavy (non-hydrogen) atoms. The van der Waals surface area contributed by atoms with E-state index in [0.29, 0.717) is 10.7 Å². The lowest BCUT2D eigenvalue weighted by Gasteiger charge is -1.97. The normalized spacial score (nSPS) is 10.3. The van der Waals surface area contributed by atoms with Crippen LogP contribution in [0.2, 0.25) is 5.02 Å². The Hall–Kier alpha value is -1.52. The summed E-state index contributed by atoms with van der Waals surface area (Å²) in [5.74, 6) is 0.0332. The lowest BCUT2D eigenvalue weighted by atomic mass is 10.2. The fourth-order valence-electron chi connectivity index (χ4n) is 1.35. The minimum atomic E-state index is -0.227. The smallest absolute Gasteiger partial charge is 0.301 e. The number of amides is 1. The van der Waals surface area contributed by atoms with Gasteiger partial charge in [0.2, 0.25) is 5.91 Å². The van der Waals surface area contributed by atoms with Crippen LogP contribution < -0.4 is 5.32 Å². The summed E-state index contributed by atoms with van der Waals surface area (Å²) in [5, 5.41) is 3.17. The number of aromatic nitrogens is 1. The van der Waals surface area contributed by atoms with Gasteiger partial charge in [-0.05, 0) is 12.1 Å². The summed E-state index contributed by atoms with van der Waals surface area (Å²) in [6.45, 7) is 0. The van der Waals surface area contributed by atoms with Crippen molar-refractivity contribution in [1.82, 2.24) is 4.98 Å². The van der Waals surface area contributed by atoms with Crippen LogP contribution in [0, 0.1) is 0 Å². The molecule has 0 bridgehead atoms. The Morgan fingerprint density at radius 3 is 2.72 bits per heavy atom. The molecule has 0 atom stereocenters. The molecular weight excluding hydrogens is 275 g/mol. The standard InChI is InChI=1S/C12H10Cl2N2O2/c13-6-5-11(17)16-12-15-10(7-18-12)8-1-3-9(14)4-2-8/h1-4,7H,5-6H2,(H,15,16,17). The van der Waals surface area contributed by atoms with E-state index in [4.69, 9.17) is 27.6 Å². The molecular formula is C12H10Cl2N2O2. The van der Waals surface area contributed by atoms with Crippen molar-refractivity contribution in [2.75, 3.05) is 11.2 Å². The van der Waals surface area contributed by atoms with Crippen molar-refractivity contribution in [1.29, 1.82) is 0 Å². The van der Waals surface area contributed by atoms with Gasteiger partial charge in [0, 0.05) is 22.9 Å². The average Bonchev–Trinajstić information content (AvgIpc) is 2.78. The molecule has 0 radical (unpaired) electrons. The number of hydrogen-bond acceptors (Lipinski definition) is 3. The third-order valence-electron chi connectivity index (χ3n) is 2.21. The molecule has 0 aliphatic heterocycles. The minimum Gasteiger partial charge on any atom is -0.431 e. The van der Waals surface area contributed by atoms with E-state index < -0.39 is 0 Å². The molecule has 1 N–H and O–H groups in total. The summed E-state index contributed by atoms with van der Waals surface area (Å²) in [7, 11) is 0. The number of rotatable bonds is 4. The van der Waals surface area contributed by atoms with Crippen molar-refractivity contribution in [3.8, 4) is 11.3 Å². The van der Waals surface area contributed by atoms with Crippen molar-refractivity contribution in [2.24, 2.45) is 0 Å². The van der Waals surface area contributed by atoms with Crippen molar-refractivity contribution in [2.45, 2.75) is 6.42 Å². The van der Waals surface area contributed by atoms with E-state index in [1.54, 1.807) is 12.1 Å². The quantitative estimate of drug-likeness (QED) is 0.874. The molecule has 0 saturated heterocycles. The number of halogens is 2. The molecule has 1 amide bonds. The fourth-order valence-corrected chi connectivity index (χ4v) is 1.65. The van der Waals surface area contributed by atoms with Crippen molar-refractivity contribution in [3.05, 3.63) is 35.6 Å². The fraction of sp³-hybridized carbons (Fsp3) is 0.167. The molecule has 94 valence electrons. The van der Waals surface area contributed by atoms with Gasteiger partial charge >= 0.3 is 6.01 Å². The van der Waals surface area contributed by atoms with Crippen LogP contribution in [-0.4, -0.2) is 16.8 Å². The van der Waals surface area contributed by atoms with Crippen LogP contribution in [0.25, 0.3) is 11.3 Å². The summed E-state index contributed by atoms with van der Waals surface area (Å²) in [6, 6.07) is 7.33. The topological polar surface area (TPSA) is 55.1 Å². The van der Waals surface area contributed by atoms with E-state index in [1.165, 1.54) is 6.26 Å². The molecule has 1 aromatic heterocycles. The summed E-state index contributed by atoms with van der Waals surface area (Å²) >= 11 is 11.2. The first-order valence-corrected chi connectivity index (χ1v) is 6.17. The molecule has 1 heterocycles. The van der Waals surface area contributed by atoms with Gasteiger partial charge in [0.15, 0.2) is 0 Å². The van der Waals surface area contributed by atoms with Crippen LogP contribution in [-0.2, 0) is 4.79 Å². The highest BCUT2D eigenvalue weighted by molar-refractivity contribution is 6.30. The Morgan fingerprint density at radius 1 is 1.33 bits per heavy atom. The highest BCUT2D eigenvalue weighted by Gasteiger charge is 2.09. The predicted molar refractivity (Wildman–Crippen MR) is 70.9 cm³/mol. The van der Waals surface area contributed by atoms with Gasteiger partial charge in [-0.3, -0.25) is 10.1 Å². The third kappa shape index (κ3) is 3.24. The first kappa shape index (κ1) is 12.9. The van der Waals surface area contributed by atoms with Crippen LogP contribution in [0.15, 0.2) is 34.9 Å². The molecule has 6 heteroatoms. The first-order valence-electron chi connectivity index (χ1n) is 5.26. The number of anilines is 1. The molecule has 1 aromatic carbocycles. The number of carbonyl (C=O) groups is 1. The number of carbonyl (C=O) groups excluding carboxylic acids is 1. The van der Waals surface area contributed by atoms with E-state index in [9.17, 15) is 4.79 Å². The van der Waals surface area contributed by atoms with Crippen molar-refractivity contribution >= 4 is 35.1 Å². The zero-order valence-corrected chi connectivity index (χ0v) is 10.8. The second kappa shape index (κ2) is 5.89. The summed E-state index contributed by atoms with van der Waals surface area (Å²) in [5.41, 5.74) is 1.49. The number of nitrogens with zero attached hydrogens (tertiary/aromatic N) is 1. The molecule has 0 spiro atoms. The zero-order chi connectivity index (χ0) is 13.0. The Morgan fingerprint density at radius 2 is 2.06 bits per heavy atom. The largest absolute Gasteiger partial charge is 0.431 e. The van der Waals surface area contributed by atoms with Crippen LogP contribution in [0.5, 0.6) is 0 Å². The average molecular weight is 285 g/mol. The highest BCUT2D eigenvalue weighted by Crippen LogP contribution is 2.22. The van der Waals surface area contributed by atoms with Crippen LogP contribution in [0.1, 0.15) is 6.42 Å². The van der Waals surface area contributed by atoms with E-state index in [-0.39, 0.29) is 24.2 Å². The van der Waals surface area contributed by atoms with Gasteiger partial charge in [0.25, 0.3) is 0 Å². The van der Waals surface area contributed by atoms with Gasteiger partial charge in [-0.15, -0.1) is 11.6 Å². The lowest BCUT2D eigenvalue weighted by Crippen LogP contribution is -2.11. The van der Waals surface area contributed by atoms with Gasteiger partial charge in [-0.2, -0.15) is 4.98 Å². The summed E-state index contributed by atoms with van der Waals surface area (Å²) < 4.78 is 5.15. The maximum absolute atomic E-state index is 11.3. The third-order valence-corrected chi connectivity index (χ3v) is 2.65.